The van der Waals surface area contributed by atoms with Crippen LogP contribution in [0.3, 0.4) is 0 Å². The average Bonchev–Trinajstić information content (AvgIpc) is 2.73. The van der Waals surface area contributed by atoms with Gasteiger partial charge in [-0.3, -0.25) is 0 Å². The molecule has 146 valence electrons. The SMILES string of the molecule is CNc1c(S(=O)(=O)c2cccc(F)c2)cc(N2CCNCC2)c2ccccc12. The smallest absolute Gasteiger partial charge is 0.208 e. The maximum Gasteiger partial charge on any atom is 0.208 e. The second-order valence-corrected chi connectivity index (χ2v) is 8.68. The second kappa shape index (κ2) is 7.41. The average molecular weight is 399 g/mol. The minimum Gasteiger partial charge on any atom is -0.387 e. The van der Waals surface area contributed by atoms with Crippen molar-refractivity contribution < 1.29 is 12.8 Å². The number of piperazine rings is 1. The van der Waals surface area contributed by atoms with Gasteiger partial charge < -0.3 is 15.5 Å². The van der Waals surface area contributed by atoms with Crippen LogP contribution in [0.15, 0.2) is 64.4 Å². The molecule has 0 spiro atoms. The molecular formula is C21H22FN3O2S. The van der Waals surface area contributed by atoms with Gasteiger partial charge in [-0.2, -0.15) is 0 Å². The zero-order valence-corrected chi connectivity index (χ0v) is 16.4. The Kier molecular flexibility index (Phi) is 4.95. The van der Waals surface area contributed by atoms with Crippen molar-refractivity contribution in [2.45, 2.75) is 9.79 Å². The van der Waals surface area contributed by atoms with E-state index in [0.717, 1.165) is 48.7 Å². The maximum atomic E-state index is 13.7. The Labute approximate surface area is 164 Å². The monoisotopic (exact) mass is 399 g/mol. The summed E-state index contributed by atoms with van der Waals surface area (Å²) in [5.41, 5.74) is 1.41. The van der Waals surface area contributed by atoms with Gasteiger partial charge in [0.1, 0.15) is 5.82 Å². The maximum absolute atomic E-state index is 13.7. The van der Waals surface area contributed by atoms with Gasteiger partial charge in [0.05, 0.1) is 15.5 Å². The standard InChI is InChI=1S/C21H22FN3O2S/c1-23-21-18-8-3-2-7-17(18)19(25-11-9-24-10-12-25)14-20(21)28(26,27)16-6-4-5-15(22)13-16/h2-8,13-14,23-24H,9-12H2,1H3. The molecule has 0 aromatic heterocycles. The number of hydrogen-bond acceptors (Lipinski definition) is 5. The summed E-state index contributed by atoms with van der Waals surface area (Å²) >= 11 is 0. The van der Waals surface area contributed by atoms with Crippen molar-refractivity contribution in [3.8, 4) is 0 Å². The molecule has 0 radical (unpaired) electrons. The lowest BCUT2D eigenvalue weighted by molar-refractivity contribution is 0.587. The Morgan fingerprint density at radius 2 is 1.71 bits per heavy atom. The zero-order valence-electron chi connectivity index (χ0n) is 15.6. The van der Waals surface area contributed by atoms with E-state index in [1.54, 1.807) is 13.1 Å². The Balaban J connectivity index is 2.00. The summed E-state index contributed by atoms with van der Waals surface area (Å²) < 4.78 is 40.5. The van der Waals surface area contributed by atoms with E-state index in [4.69, 9.17) is 0 Å². The first-order valence-corrected chi connectivity index (χ1v) is 10.7. The fourth-order valence-electron chi connectivity index (χ4n) is 3.73. The summed E-state index contributed by atoms with van der Waals surface area (Å²) in [4.78, 5) is 2.31. The van der Waals surface area contributed by atoms with Gasteiger partial charge >= 0.3 is 0 Å². The van der Waals surface area contributed by atoms with E-state index in [-0.39, 0.29) is 9.79 Å². The van der Waals surface area contributed by atoms with Gasteiger partial charge in [-0.1, -0.05) is 30.3 Å². The van der Waals surface area contributed by atoms with Gasteiger partial charge in [-0.05, 0) is 24.3 Å². The van der Waals surface area contributed by atoms with E-state index in [1.807, 2.05) is 24.3 Å². The predicted octanol–water partition coefficient (Wildman–Crippen LogP) is 3.26. The lowest BCUT2D eigenvalue weighted by Gasteiger charge is -2.31. The first-order valence-electron chi connectivity index (χ1n) is 9.22. The third kappa shape index (κ3) is 3.21. The Morgan fingerprint density at radius 3 is 2.39 bits per heavy atom. The molecule has 0 saturated carbocycles. The van der Waals surface area contributed by atoms with Crippen molar-refractivity contribution >= 4 is 32.0 Å². The van der Waals surface area contributed by atoms with Crippen LogP contribution in [-0.4, -0.2) is 41.6 Å². The first-order chi connectivity index (χ1) is 13.5. The Bertz CT molecular complexity index is 1130. The molecule has 4 rings (SSSR count). The van der Waals surface area contributed by atoms with E-state index >= 15 is 0 Å². The summed E-state index contributed by atoms with van der Waals surface area (Å²) in [7, 11) is -2.20. The number of rotatable bonds is 4. The second-order valence-electron chi connectivity index (χ2n) is 6.76. The van der Waals surface area contributed by atoms with Crippen molar-refractivity contribution in [3.05, 3.63) is 60.4 Å². The zero-order chi connectivity index (χ0) is 19.7. The van der Waals surface area contributed by atoms with Crippen molar-refractivity contribution in [1.29, 1.82) is 0 Å². The van der Waals surface area contributed by atoms with Gasteiger partial charge in [0.2, 0.25) is 9.84 Å². The summed E-state index contributed by atoms with van der Waals surface area (Å²) in [6, 6.07) is 14.6. The number of sulfone groups is 1. The molecule has 5 nitrogen and oxygen atoms in total. The number of hydrogen-bond donors (Lipinski definition) is 2. The summed E-state index contributed by atoms with van der Waals surface area (Å²) in [5, 5.41) is 8.20. The first kappa shape index (κ1) is 18.7. The molecule has 1 aliphatic rings. The molecule has 1 aliphatic heterocycles. The van der Waals surface area contributed by atoms with Crippen molar-refractivity contribution in [2.75, 3.05) is 43.4 Å². The molecule has 28 heavy (non-hydrogen) atoms. The van der Waals surface area contributed by atoms with Gasteiger partial charge in [0, 0.05) is 49.7 Å². The van der Waals surface area contributed by atoms with Crippen LogP contribution in [0.25, 0.3) is 10.8 Å². The highest BCUT2D eigenvalue weighted by atomic mass is 32.2. The fourth-order valence-corrected chi connectivity index (χ4v) is 5.26. The van der Waals surface area contributed by atoms with Gasteiger partial charge in [-0.15, -0.1) is 0 Å². The number of fused-ring (bicyclic) bond motifs is 1. The number of nitrogens with one attached hydrogen (secondary N) is 2. The largest absolute Gasteiger partial charge is 0.387 e. The van der Waals surface area contributed by atoms with Crippen LogP contribution in [0.5, 0.6) is 0 Å². The highest BCUT2D eigenvalue weighted by Gasteiger charge is 2.26. The van der Waals surface area contributed by atoms with Crippen LogP contribution in [0.1, 0.15) is 0 Å². The molecule has 7 heteroatoms. The molecule has 1 heterocycles. The molecule has 3 aromatic carbocycles. The number of benzene rings is 3. The molecule has 0 amide bonds. The molecular weight excluding hydrogens is 377 g/mol. The minimum absolute atomic E-state index is 0.0504. The van der Waals surface area contributed by atoms with Crippen LogP contribution in [0, 0.1) is 5.82 Å². The van der Waals surface area contributed by atoms with Crippen LogP contribution < -0.4 is 15.5 Å². The van der Waals surface area contributed by atoms with Crippen LogP contribution in [-0.2, 0) is 9.84 Å². The normalized spacial score (nSPS) is 15.0. The molecule has 0 unspecified atom stereocenters. The van der Waals surface area contributed by atoms with Crippen molar-refractivity contribution in [3.63, 3.8) is 0 Å². The molecule has 0 aliphatic carbocycles. The highest BCUT2D eigenvalue weighted by Crippen LogP contribution is 2.40. The number of anilines is 2. The summed E-state index contributed by atoms with van der Waals surface area (Å²) in [5.74, 6) is -0.574. The Morgan fingerprint density at radius 1 is 1.00 bits per heavy atom. The van der Waals surface area contributed by atoms with E-state index in [9.17, 15) is 12.8 Å². The summed E-state index contributed by atoms with van der Waals surface area (Å²) in [6.07, 6.45) is 0. The highest BCUT2D eigenvalue weighted by molar-refractivity contribution is 7.91. The van der Waals surface area contributed by atoms with Crippen molar-refractivity contribution in [1.82, 2.24) is 5.32 Å². The number of nitrogens with zero attached hydrogens (tertiary/aromatic N) is 1. The third-order valence-corrected chi connectivity index (χ3v) is 6.87. The van der Waals surface area contributed by atoms with E-state index in [0.29, 0.717) is 5.69 Å². The van der Waals surface area contributed by atoms with Crippen LogP contribution in [0.4, 0.5) is 15.8 Å². The van der Waals surface area contributed by atoms with E-state index in [2.05, 4.69) is 15.5 Å². The van der Waals surface area contributed by atoms with Gasteiger partial charge in [0.15, 0.2) is 0 Å². The predicted molar refractivity (Wildman–Crippen MR) is 110 cm³/mol. The molecule has 2 N–H and O–H groups in total. The van der Waals surface area contributed by atoms with Crippen LogP contribution in [0.2, 0.25) is 0 Å². The third-order valence-electron chi connectivity index (χ3n) is 5.09. The quantitative estimate of drug-likeness (QED) is 0.705. The van der Waals surface area contributed by atoms with Gasteiger partial charge in [-0.25, -0.2) is 12.8 Å². The van der Waals surface area contributed by atoms with E-state index in [1.165, 1.54) is 18.2 Å². The number of halogens is 1. The topological polar surface area (TPSA) is 61.4 Å². The Hall–Kier alpha value is -2.64. The lowest BCUT2D eigenvalue weighted by atomic mass is 10.1. The van der Waals surface area contributed by atoms with Crippen molar-refractivity contribution in [2.24, 2.45) is 0 Å². The van der Waals surface area contributed by atoms with Crippen LogP contribution >= 0.6 is 0 Å². The molecule has 0 bridgehead atoms. The fraction of sp³-hybridized carbons (Fsp3) is 0.238. The molecule has 1 saturated heterocycles. The molecule has 1 fully saturated rings. The molecule has 3 aromatic rings. The van der Waals surface area contributed by atoms with Gasteiger partial charge in [0.25, 0.3) is 0 Å². The lowest BCUT2D eigenvalue weighted by Crippen LogP contribution is -2.43. The van der Waals surface area contributed by atoms with E-state index < -0.39 is 15.7 Å². The minimum atomic E-state index is -3.90. The summed E-state index contributed by atoms with van der Waals surface area (Å²) in [6.45, 7) is 3.27. The molecule has 0 atom stereocenters.